The lowest BCUT2D eigenvalue weighted by Crippen LogP contribution is -2.09. The van der Waals surface area contributed by atoms with Gasteiger partial charge in [0.2, 0.25) is 0 Å². The van der Waals surface area contributed by atoms with Gasteiger partial charge in [-0.1, -0.05) is 17.7 Å². The van der Waals surface area contributed by atoms with Crippen LogP contribution in [0.2, 0.25) is 0 Å². The molecule has 3 aromatic rings. The molecule has 0 aliphatic rings. The lowest BCUT2D eigenvalue weighted by Gasteiger charge is -2.06. The van der Waals surface area contributed by atoms with Crippen molar-refractivity contribution in [2.75, 3.05) is 0 Å². The van der Waals surface area contributed by atoms with E-state index in [-0.39, 0.29) is 37.0 Å². The monoisotopic (exact) mass is 354 g/mol. The molecule has 0 aliphatic carbocycles. The number of benzene rings is 1. The predicted molar refractivity (Wildman–Crippen MR) is 91.3 cm³/mol. The van der Waals surface area contributed by atoms with Crippen LogP contribution in [0.5, 0.6) is 0 Å². The number of hydrogen-bond acceptors (Lipinski definition) is 7. The smallest absolute Gasteiger partial charge is 0.306 e. The van der Waals surface area contributed by atoms with Gasteiger partial charge in [-0.3, -0.25) is 9.59 Å². The Labute approximate surface area is 150 Å². The molecule has 7 heteroatoms. The Morgan fingerprint density at radius 1 is 1.12 bits per heavy atom. The minimum atomic E-state index is -0.499. The van der Waals surface area contributed by atoms with Crippen LogP contribution >= 0.6 is 0 Å². The molecule has 3 rings (SSSR count). The molecule has 0 fully saturated rings. The normalized spacial score (nSPS) is 10.7. The Kier molecular flexibility index (Phi) is 5.26. The van der Waals surface area contributed by atoms with E-state index in [1.807, 2.05) is 32.0 Å². The van der Waals surface area contributed by atoms with Gasteiger partial charge in [-0.15, -0.1) is 10.2 Å². The van der Waals surface area contributed by atoms with Crippen LogP contribution in [0.15, 0.2) is 45.4 Å². The van der Waals surface area contributed by atoms with Crippen LogP contribution in [0.3, 0.4) is 0 Å². The highest BCUT2D eigenvalue weighted by atomic mass is 16.5. The third-order valence-electron chi connectivity index (χ3n) is 3.81. The average Bonchev–Trinajstić information content (AvgIpc) is 3.31. The fraction of sp³-hybridized carbons (Fsp3) is 0.263. The summed E-state index contributed by atoms with van der Waals surface area (Å²) in [7, 11) is 0. The van der Waals surface area contributed by atoms with E-state index in [1.165, 1.54) is 6.26 Å². The molecule has 0 amide bonds. The van der Waals surface area contributed by atoms with Crippen molar-refractivity contribution >= 4 is 11.8 Å². The van der Waals surface area contributed by atoms with Crippen molar-refractivity contribution in [3.63, 3.8) is 0 Å². The van der Waals surface area contributed by atoms with Crippen LogP contribution < -0.4 is 0 Å². The number of hydrogen-bond donors (Lipinski definition) is 0. The van der Waals surface area contributed by atoms with Gasteiger partial charge in [0.05, 0.1) is 12.7 Å². The number of ketones is 1. The second kappa shape index (κ2) is 7.77. The van der Waals surface area contributed by atoms with Gasteiger partial charge >= 0.3 is 5.97 Å². The topological polar surface area (TPSA) is 95.4 Å². The first-order chi connectivity index (χ1) is 12.5. The molecule has 0 unspecified atom stereocenters. The lowest BCUT2D eigenvalue weighted by atomic mass is 9.99. The van der Waals surface area contributed by atoms with E-state index in [0.717, 1.165) is 11.1 Å². The van der Waals surface area contributed by atoms with E-state index in [2.05, 4.69) is 10.2 Å². The zero-order valence-electron chi connectivity index (χ0n) is 14.5. The number of rotatable bonds is 7. The molecule has 0 saturated carbocycles. The van der Waals surface area contributed by atoms with E-state index in [9.17, 15) is 9.59 Å². The van der Waals surface area contributed by atoms with Crippen LogP contribution in [-0.2, 0) is 16.1 Å². The molecule has 0 radical (unpaired) electrons. The fourth-order valence-electron chi connectivity index (χ4n) is 2.41. The molecule has 0 bridgehead atoms. The minimum absolute atomic E-state index is 0.00854. The Morgan fingerprint density at radius 2 is 1.96 bits per heavy atom. The minimum Gasteiger partial charge on any atom is -0.459 e. The van der Waals surface area contributed by atoms with E-state index in [1.54, 1.807) is 12.1 Å². The number of aromatic nitrogens is 2. The Bertz CT molecular complexity index is 912. The van der Waals surface area contributed by atoms with Crippen LogP contribution in [0.25, 0.3) is 11.7 Å². The quantitative estimate of drug-likeness (QED) is 0.472. The van der Waals surface area contributed by atoms with Crippen molar-refractivity contribution in [2.45, 2.75) is 33.3 Å². The molecular formula is C19H18N2O5. The molecular weight excluding hydrogens is 336 g/mol. The number of carbonyl (C=O) groups is 2. The molecule has 2 heterocycles. The fourth-order valence-corrected chi connectivity index (χ4v) is 2.41. The number of esters is 1. The summed E-state index contributed by atoms with van der Waals surface area (Å²) in [5, 5.41) is 7.60. The van der Waals surface area contributed by atoms with Crippen LogP contribution in [0.4, 0.5) is 0 Å². The molecule has 26 heavy (non-hydrogen) atoms. The summed E-state index contributed by atoms with van der Waals surface area (Å²) in [6.45, 7) is 3.65. The highest BCUT2D eigenvalue weighted by Crippen LogP contribution is 2.18. The maximum absolute atomic E-state index is 12.3. The van der Waals surface area contributed by atoms with Crippen molar-refractivity contribution in [3.05, 3.63) is 59.2 Å². The van der Waals surface area contributed by atoms with Crippen molar-refractivity contribution < 1.29 is 23.2 Å². The second-order valence-corrected chi connectivity index (χ2v) is 5.88. The summed E-state index contributed by atoms with van der Waals surface area (Å²) in [6, 6.07) is 9.06. The molecule has 0 saturated heterocycles. The highest BCUT2D eigenvalue weighted by Gasteiger charge is 2.15. The largest absolute Gasteiger partial charge is 0.459 e. The summed E-state index contributed by atoms with van der Waals surface area (Å²) >= 11 is 0. The van der Waals surface area contributed by atoms with Gasteiger partial charge in [-0.05, 0) is 37.6 Å². The average molecular weight is 354 g/mol. The van der Waals surface area contributed by atoms with Crippen LogP contribution in [-0.4, -0.2) is 21.9 Å². The van der Waals surface area contributed by atoms with Crippen molar-refractivity contribution in [2.24, 2.45) is 0 Å². The number of ether oxygens (including phenoxy) is 1. The third-order valence-corrected chi connectivity index (χ3v) is 3.81. The first-order valence-corrected chi connectivity index (χ1v) is 8.15. The summed E-state index contributed by atoms with van der Waals surface area (Å²) in [6.07, 6.45) is 1.57. The first kappa shape index (κ1) is 17.6. The Morgan fingerprint density at radius 3 is 2.73 bits per heavy atom. The highest BCUT2D eigenvalue weighted by molar-refractivity contribution is 5.98. The van der Waals surface area contributed by atoms with Crippen LogP contribution in [0.1, 0.15) is 40.2 Å². The molecule has 0 N–H and O–H groups in total. The maximum atomic E-state index is 12.3. The van der Waals surface area contributed by atoms with Gasteiger partial charge in [0.1, 0.15) is 0 Å². The van der Waals surface area contributed by atoms with Gasteiger partial charge in [-0.25, -0.2) is 0 Å². The third kappa shape index (κ3) is 4.24. The standard InChI is InChI=1S/C19H18N2O5/c1-12-5-6-13(2)14(10-12)15(22)7-8-18(23)25-11-17-20-21-19(26-17)16-4-3-9-24-16/h3-6,9-10H,7-8,11H2,1-2H3. The van der Waals surface area contributed by atoms with E-state index >= 15 is 0 Å². The first-order valence-electron chi connectivity index (χ1n) is 8.15. The van der Waals surface area contributed by atoms with Gasteiger partial charge in [-0.2, -0.15) is 0 Å². The Hall–Kier alpha value is -3.22. The SMILES string of the molecule is Cc1ccc(C)c(C(=O)CCC(=O)OCc2nnc(-c3ccco3)o2)c1. The number of carbonyl (C=O) groups excluding carboxylic acids is 2. The number of aryl methyl sites for hydroxylation is 2. The lowest BCUT2D eigenvalue weighted by molar-refractivity contribution is -0.145. The zero-order valence-corrected chi connectivity index (χ0v) is 14.5. The van der Waals surface area contributed by atoms with E-state index in [0.29, 0.717) is 11.3 Å². The van der Waals surface area contributed by atoms with Crippen molar-refractivity contribution in [3.8, 4) is 11.7 Å². The van der Waals surface area contributed by atoms with E-state index in [4.69, 9.17) is 13.6 Å². The van der Waals surface area contributed by atoms with Crippen molar-refractivity contribution in [1.82, 2.24) is 10.2 Å². The molecule has 7 nitrogen and oxygen atoms in total. The zero-order chi connectivity index (χ0) is 18.5. The molecule has 2 aromatic heterocycles. The van der Waals surface area contributed by atoms with Gasteiger partial charge in [0, 0.05) is 12.0 Å². The summed E-state index contributed by atoms with van der Waals surface area (Å²) in [4.78, 5) is 24.1. The predicted octanol–water partition coefficient (Wildman–Crippen LogP) is 3.65. The number of furan rings is 1. The number of Topliss-reactive ketones (excluding diaryl/α,β-unsaturated/α-hetero) is 1. The summed E-state index contributed by atoms with van der Waals surface area (Å²) in [5.41, 5.74) is 2.54. The Balaban J connectivity index is 1.49. The van der Waals surface area contributed by atoms with Crippen LogP contribution in [0, 0.1) is 13.8 Å². The molecule has 134 valence electrons. The molecule has 0 aliphatic heterocycles. The summed E-state index contributed by atoms with van der Waals surface area (Å²) in [5.74, 6) is 0.230. The number of nitrogens with zero attached hydrogens (tertiary/aromatic N) is 2. The molecule has 0 atom stereocenters. The molecule has 1 aromatic carbocycles. The van der Waals surface area contributed by atoms with Gasteiger partial charge in [0.25, 0.3) is 11.8 Å². The summed E-state index contributed by atoms with van der Waals surface area (Å²) < 4.78 is 15.6. The van der Waals surface area contributed by atoms with Crippen molar-refractivity contribution in [1.29, 1.82) is 0 Å². The molecule has 0 spiro atoms. The van der Waals surface area contributed by atoms with Gasteiger partial charge in [0.15, 0.2) is 18.2 Å². The second-order valence-electron chi connectivity index (χ2n) is 5.88. The van der Waals surface area contributed by atoms with Gasteiger partial charge < -0.3 is 13.6 Å². The van der Waals surface area contributed by atoms with E-state index < -0.39 is 5.97 Å². The maximum Gasteiger partial charge on any atom is 0.306 e.